The normalized spacial score (nSPS) is 23.5. The second kappa shape index (κ2) is 9.46. The fraction of sp³-hybridized carbons (Fsp3) is 0.147. The third-order valence-electron chi connectivity index (χ3n) is 8.60. The summed E-state index contributed by atoms with van der Waals surface area (Å²) in [7, 11) is 1.54. The minimum Gasteiger partial charge on any atom is -0.497 e. The van der Waals surface area contributed by atoms with Crippen LogP contribution in [0.25, 0.3) is 6.08 Å². The lowest BCUT2D eigenvalue weighted by Crippen LogP contribution is -2.49. The van der Waals surface area contributed by atoms with Crippen LogP contribution < -0.4 is 10.1 Å². The van der Waals surface area contributed by atoms with Gasteiger partial charge in [0.25, 0.3) is 0 Å². The fourth-order valence-corrected chi connectivity index (χ4v) is 7.03. The van der Waals surface area contributed by atoms with Crippen molar-refractivity contribution in [3.05, 3.63) is 136 Å². The number of Topliss-reactive ketones (excluding diaryl/α,β-unsaturated/α-hetero) is 2. The summed E-state index contributed by atoms with van der Waals surface area (Å²) < 4.78 is 5.41. The predicted molar refractivity (Wildman–Crippen MR) is 157 cm³/mol. The number of hydrogen-bond donors (Lipinski definition) is 1. The molecule has 1 spiro atoms. The Morgan fingerprint density at radius 1 is 0.878 bits per heavy atom. The van der Waals surface area contributed by atoms with Crippen LogP contribution in [0.1, 0.15) is 43.4 Å². The van der Waals surface area contributed by atoms with E-state index in [1.165, 1.54) is 0 Å². The van der Waals surface area contributed by atoms with Crippen LogP contribution in [0.4, 0.5) is 5.69 Å². The van der Waals surface area contributed by atoms with Crippen LogP contribution in [0.2, 0.25) is 5.02 Å². The van der Waals surface area contributed by atoms with Gasteiger partial charge in [-0.25, -0.2) is 0 Å². The van der Waals surface area contributed by atoms with Crippen LogP contribution >= 0.6 is 11.6 Å². The average molecular weight is 561 g/mol. The van der Waals surface area contributed by atoms with Crippen molar-refractivity contribution < 1.29 is 19.1 Å². The number of benzene rings is 4. The molecule has 3 heterocycles. The number of hydrogen-bond acceptors (Lipinski definition) is 5. The van der Waals surface area contributed by atoms with Crippen molar-refractivity contribution in [3.8, 4) is 5.75 Å². The molecule has 0 aromatic heterocycles. The average Bonchev–Trinajstić information content (AvgIpc) is 3.49. The van der Waals surface area contributed by atoms with Gasteiger partial charge in [0.05, 0.1) is 19.1 Å². The Hall–Kier alpha value is -4.68. The van der Waals surface area contributed by atoms with Gasteiger partial charge in [-0.05, 0) is 65.2 Å². The maximum atomic E-state index is 14.7. The van der Waals surface area contributed by atoms with E-state index >= 15 is 0 Å². The molecule has 0 radical (unpaired) electrons. The van der Waals surface area contributed by atoms with E-state index in [9.17, 15) is 14.4 Å². The number of ether oxygens (including phenoxy) is 1. The van der Waals surface area contributed by atoms with Crippen molar-refractivity contribution in [2.45, 2.75) is 17.5 Å². The molecule has 3 aliphatic heterocycles. The number of para-hydroxylation sites is 1. The van der Waals surface area contributed by atoms with Crippen LogP contribution in [0.3, 0.4) is 0 Å². The Kier molecular flexibility index (Phi) is 5.84. The zero-order valence-electron chi connectivity index (χ0n) is 22.1. The lowest BCUT2D eigenvalue weighted by molar-refractivity contribution is -0.122. The van der Waals surface area contributed by atoms with Gasteiger partial charge in [0.2, 0.25) is 5.91 Å². The first-order valence-corrected chi connectivity index (χ1v) is 13.8. The van der Waals surface area contributed by atoms with Crippen molar-refractivity contribution >= 4 is 40.8 Å². The third kappa shape index (κ3) is 3.60. The number of nitrogens with zero attached hydrogens (tertiary/aromatic N) is 1. The van der Waals surface area contributed by atoms with E-state index < -0.39 is 23.4 Å². The summed E-state index contributed by atoms with van der Waals surface area (Å²) in [4.78, 5) is 45.7. The number of amides is 1. The van der Waals surface area contributed by atoms with Crippen molar-refractivity contribution in [3.63, 3.8) is 0 Å². The first-order valence-electron chi connectivity index (χ1n) is 13.4. The highest BCUT2D eigenvalue weighted by molar-refractivity contribution is 6.30. The molecular weight excluding hydrogens is 536 g/mol. The molecule has 202 valence electrons. The molecule has 1 fully saturated rings. The zero-order valence-corrected chi connectivity index (χ0v) is 22.8. The Labute approximate surface area is 242 Å². The number of fused-ring (bicyclic) bond motifs is 6. The molecule has 4 aromatic carbocycles. The summed E-state index contributed by atoms with van der Waals surface area (Å²) in [5.41, 5.74) is 2.59. The molecule has 1 N–H and O–H groups in total. The van der Waals surface area contributed by atoms with Crippen molar-refractivity contribution in [1.82, 2.24) is 4.90 Å². The number of nitrogens with one attached hydrogen (secondary N) is 1. The van der Waals surface area contributed by atoms with E-state index in [0.717, 1.165) is 11.1 Å². The molecule has 7 rings (SSSR count). The SMILES string of the molecule is COc1cccc(C(=O)[C@@H]2[C@@H](C(=O)c3ccc(Cl)cc3)[C@]3(C(=O)Nc4ccccc43)[C@H]3c4ccccc4C=CN23)c1. The predicted octanol–water partition coefficient (Wildman–Crippen LogP) is 6.33. The minimum atomic E-state index is -1.38. The summed E-state index contributed by atoms with van der Waals surface area (Å²) in [6, 6.07) is 27.3. The number of halogens is 1. The van der Waals surface area contributed by atoms with Crippen LogP contribution in [-0.2, 0) is 10.2 Å². The van der Waals surface area contributed by atoms with E-state index in [4.69, 9.17) is 16.3 Å². The van der Waals surface area contributed by atoms with Crippen LogP contribution in [0.5, 0.6) is 5.75 Å². The van der Waals surface area contributed by atoms with Gasteiger partial charge in [0, 0.05) is 28.0 Å². The standard InChI is InChI=1S/C34H25ClN2O4/c1-41-24-9-6-8-22(19-24)31(39)29-28(30(38)21-13-15-23(35)16-14-21)34(26-11-4-5-12-27(26)36-33(34)40)32-25-10-3-2-7-20(25)17-18-37(29)32/h2-19,28-29,32H,1H3,(H,36,40)/t28-,29-,32+,34-/m0/s1. The van der Waals surface area contributed by atoms with E-state index in [0.29, 0.717) is 33.1 Å². The van der Waals surface area contributed by atoms with Crippen molar-refractivity contribution in [2.24, 2.45) is 5.92 Å². The first kappa shape index (κ1) is 25.3. The summed E-state index contributed by atoms with van der Waals surface area (Å²) in [5, 5.41) is 3.55. The van der Waals surface area contributed by atoms with Gasteiger partial charge in [0.15, 0.2) is 11.6 Å². The first-order chi connectivity index (χ1) is 19.9. The van der Waals surface area contributed by atoms with Crippen molar-refractivity contribution in [2.75, 3.05) is 12.4 Å². The number of carbonyl (C=O) groups is 3. The second-order valence-corrected chi connectivity index (χ2v) is 11.0. The van der Waals surface area contributed by atoms with Gasteiger partial charge < -0.3 is 15.0 Å². The monoisotopic (exact) mass is 560 g/mol. The van der Waals surface area contributed by atoms with E-state index in [1.54, 1.807) is 55.6 Å². The smallest absolute Gasteiger partial charge is 0.238 e. The maximum absolute atomic E-state index is 14.7. The second-order valence-electron chi connectivity index (χ2n) is 10.6. The van der Waals surface area contributed by atoms with Crippen molar-refractivity contribution in [1.29, 1.82) is 0 Å². The lowest BCUT2D eigenvalue weighted by Gasteiger charge is -2.38. The quantitative estimate of drug-likeness (QED) is 0.289. The van der Waals surface area contributed by atoms with Crippen LogP contribution in [-0.4, -0.2) is 35.5 Å². The Balaban J connectivity index is 1.53. The highest BCUT2D eigenvalue weighted by Gasteiger charge is 2.70. The van der Waals surface area contributed by atoms with Crippen LogP contribution in [0, 0.1) is 5.92 Å². The molecule has 6 nitrogen and oxygen atoms in total. The largest absolute Gasteiger partial charge is 0.497 e. The molecule has 3 aliphatic rings. The van der Waals surface area contributed by atoms with Gasteiger partial charge in [-0.3, -0.25) is 14.4 Å². The number of carbonyl (C=O) groups excluding carboxylic acids is 3. The highest BCUT2D eigenvalue weighted by atomic mass is 35.5. The fourth-order valence-electron chi connectivity index (χ4n) is 6.91. The number of methoxy groups -OCH3 is 1. The summed E-state index contributed by atoms with van der Waals surface area (Å²) in [6.45, 7) is 0. The molecular formula is C34H25ClN2O4. The molecule has 41 heavy (non-hydrogen) atoms. The lowest BCUT2D eigenvalue weighted by atomic mass is 9.62. The van der Waals surface area contributed by atoms with Crippen LogP contribution in [0.15, 0.2) is 103 Å². The molecule has 4 atom stereocenters. The van der Waals surface area contributed by atoms with Gasteiger partial charge >= 0.3 is 0 Å². The Bertz CT molecular complexity index is 1760. The Morgan fingerprint density at radius 3 is 2.44 bits per heavy atom. The Morgan fingerprint density at radius 2 is 1.63 bits per heavy atom. The molecule has 7 heteroatoms. The van der Waals surface area contributed by atoms with Gasteiger partial charge in [-0.1, -0.05) is 66.2 Å². The maximum Gasteiger partial charge on any atom is 0.238 e. The van der Waals surface area contributed by atoms with E-state index in [-0.39, 0.29) is 17.5 Å². The molecule has 0 aliphatic carbocycles. The van der Waals surface area contributed by atoms with Gasteiger partial charge in [0.1, 0.15) is 17.2 Å². The molecule has 4 aromatic rings. The number of anilines is 1. The van der Waals surface area contributed by atoms with Gasteiger partial charge in [-0.2, -0.15) is 0 Å². The molecule has 1 saturated heterocycles. The number of ketones is 2. The van der Waals surface area contributed by atoms with Gasteiger partial charge in [-0.15, -0.1) is 0 Å². The zero-order chi connectivity index (χ0) is 28.3. The number of rotatable bonds is 5. The topological polar surface area (TPSA) is 75.7 Å². The highest BCUT2D eigenvalue weighted by Crippen LogP contribution is 2.62. The molecule has 0 saturated carbocycles. The summed E-state index contributed by atoms with van der Waals surface area (Å²) >= 11 is 6.17. The molecule has 0 bridgehead atoms. The third-order valence-corrected chi connectivity index (χ3v) is 8.86. The summed E-state index contributed by atoms with van der Waals surface area (Å²) in [6.07, 6.45) is 3.81. The molecule has 0 unspecified atom stereocenters. The minimum absolute atomic E-state index is 0.265. The van der Waals surface area contributed by atoms with E-state index in [2.05, 4.69) is 5.32 Å². The van der Waals surface area contributed by atoms with E-state index in [1.807, 2.05) is 65.7 Å². The molecule has 1 amide bonds. The summed E-state index contributed by atoms with van der Waals surface area (Å²) in [5.74, 6) is -1.38.